The summed E-state index contributed by atoms with van der Waals surface area (Å²) in [6.07, 6.45) is 3.06. The Morgan fingerprint density at radius 3 is 2.30 bits per heavy atom. The predicted octanol–water partition coefficient (Wildman–Crippen LogP) is 5.50. The van der Waals surface area contributed by atoms with Gasteiger partial charge in [-0.25, -0.2) is 4.79 Å². The Balaban J connectivity index is 1.28. The second kappa shape index (κ2) is 10.7. The SMILES string of the molecule is CN(C)CCn1ccc2cc(NC(=O)Nc3ccc(NCCc4ccccc4)cc3)ccc21. The third-order valence-corrected chi connectivity index (χ3v) is 5.55. The molecule has 4 aromatic rings. The van der Waals surface area contributed by atoms with Crippen molar-refractivity contribution in [1.29, 1.82) is 0 Å². The van der Waals surface area contributed by atoms with Crippen molar-refractivity contribution in [3.05, 3.63) is 90.6 Å². The van der Waals surface area contributed by atoms with Crippen molar-refractivity contribution in [3.8, 4) is 0 Å². The number of nitrogens with zero attached hydrogens (tertiary/aromatic N) is 2. The van der Waals surface area contributed by atoms with Gasteiger partial charge in [-0.2, -0.15) is 0 Å². The lowest BCUT2D eigenvalue weighted by atomic mass is 10.1. The first kappa shape index (κ1) is 22.4. The van der Waals surface area contributed by atoms with Gasteiger partial charge in [-0.05, 0) is 74.6 Å². The summed E-state index contributed by atoms with van der Waals surface area (Å²) in [5.41, 5.74) is 5.02. The monoisotopic (exact) mass is 441 g/mol. The highest BCUT2D eigenvalue weighted by atomic mass is 16.2. The number of hydrogen-bond acceptors (Lipinski definition) is 3. The Morgan fingerprint density at radius 1 is 0.848 bits per heavy atom. The molecule has 1 aromatic heterocycles. The first-order chi connectivity index (χ1) is 16.1. The molecular weight excluding hydrogens is 410 g/mol. The number of carbonyl (C=O) groups excluding carboxylic acids is 1. The van der Waals surface area contributed by atoms with E-state index >= 15 is 0 Å². The van der Waals surface area contributed by atoms with Crippen LogP contribution in [-0.2, 0) is 13.0 Å². The van der Waals surface area contributed by atoms with Crippen LogP contribution in [0.2, 0.25) is 0 Å². The van der Waals surface area contributed by atoms with E-state index in [0.717, 1.165) is 54.0 Å². The van der Waals surface area contributed by atoms with Crippen LogP contribution in [0.1, 0.15) is 5.56 Å². The molecule has 6 nitrogen and oxygen atoms in total. The van der Waals surface area contributed by atoms with Crippen molar-refractivity contribution in [2.24, 2.45) is 0 Å². The number of aromatic nitrogens is 1. The van der Waals surface area contributed by atoms with Gasteiger partial charge < -0.3 is 25.4 Å². The molecule has 170 valence electrons. The van der Waals surface area contributed by atoms with Crippen LogP contribution < -0.4 is 16.0 Å². The second-order valence-corrected chi connectivity index (χ2v) is 8.40. The molecule has 0 saturated heterocycles. The summed E-state index contributed by atoms with van der Waals surface area (Å²) in [4.78, 5) is 14.6. The Morgan fingerprint density at radius 2 is 1.55 bits per heavy atom. The maximum atomic E-state index is 12.5. The number of rotatable bonds is 9. The average molecular weight is 442 g/mol. The Bertz CT molecular complexity index is 1180. The molecule has 0 fully saturated rings. The van der Waals surface area contributed by atoms with Crippen LogP contribution in [0, 0.1) is 0 Å². The molecule has 0 spiro atoms. The molecule has 1 heterocycles. The van der Waals surface area contributed by atoms with Crippen molar-refractivity contribution in [2.75, 3.05) is 43.1 Å². The molecule has 3 aromatic carbocycles. The zero-order chi connectivity index (χ0) is 23.0. The van der Waals surface area contributed by atoms with Gasteiger partial charge >= 0.3 is 6.03 Å². The predicted molar refractivity (Wildman–Crippen MR) is 138 cm³/mol. The molecule has 0 bridgehead atoms. The molecule has 6 heteroatoms. The first-order valence-corrected chi connectivity index (χ1v) is 11.3. The average Bonchev–Trinajstić information content (AvgIpc) is 3.22. The van der Waals surface area contributed by atoms with E-state index in [0.29, 0.717) is 0 Å². The lowest BCUT2D eigenvalue weighted by molar-refractivity contribution is 0.262. The van der Waals surface area contributed by atoms with Gasteiger partial charge in [0.2, 0.25) is 0 Å². The number of amides is 2. The molecule has 3 N–H and O–H groups in total. The van der Waals surface area contributed by atoms with Gasteiger partial charge in [-0.3, -0.25) is 0 Å². The van der Waals surface area contributed by atoms with Gasteiger partial charge in [-0.15, -0.1) is 0 Å². The molecule has 2 amide bonds. The number of carbonyl (C=O) groups is 1. The van der Waals surface area contributed by atoms with E-state index in [9.17, 15) is 4.79 Å². The molecule has 0 radical (unpaired) electrons. The Kier molecular flexibility index (Phi) is 7.27. The van der Waals surface area contributed by atoms with Crippen LogP contribution in [0.5, 0.6) is 0 Å². The maximum Gasteiger partial charge on any atom is 0.323 e. The fraction of sp³-hybridized carbons (Fsp3) is 0.222. The van der Waals surface area contributed by atoms with Crippen molar-refractivity contribution in [1.82, 2.24) is 9.47 Å². The van der Waals surface area contributed by atoms with Crippen LogP contribution in [0.25, 0.3) is 10.9 Å². The van der Waals surface area contributed by atoms with Gasteiger partial charge in [0.1, 0.15) is 0 Å². The fourth-order valence-electron chi connectivity index (χ4n) is 3.74. The standard InChI is InChI=1S/C27H31N5O/c1-31(2)18-19-32-17-15-22-20-25(12-13-26(22)32)30-27(33)29-24-10-8-23(9-11-24)28-16-14-21-6-4-3-5-7-21/h3-13,15,17,20,28H,14,16,18-19H2,1-2H3,(H2,29,30,33). The minimum Gasteiger partial charge on any atom is -0.385 e. The number of hydrogen-bond donors (Lipinski definition) is 3. The van der Waals surface area contributed by atoms with Gasteiger partial charge in [0.25, 0.3) is 0 Å². The summed E-state index contributed by atoms with van der Waals surface area (Å²) in [6, 6.07) is 26.0. The van der Waals surface area contributed by atoms with E-state index in [1.54, 1.807) is 0 Å². The van der Waals surface area contributed by atoms with Gasteiger partial charge in [0.15, 0.2) is 0 Å². The number of likely N-dealkylation sites (N-methyl/N-ethyl adjacent to an activating group) is 1. The van der Waals surface area contributed by atoms with Crippen LogP contribution in [0.15, 0.2) is 85.1 Å². The largest absolute Gasteiger partial charge is 0.385 e. The molecule has 4 rings (SSSR count). The van der Waals surface area contributed by atoms with E-state index in [2.05, 4.69) is 82.1 Å². The number of anilines is 3. The zero-order valence-electron chi connectivity index (χ0n) is 19.2. The minimum absolute atomic E-state index is 0.258. The minimum atomic E-state index is -0.258. The van der Waals surface area contributed by atoms with E-state index in [1.807, 2.05) is 42.5 Å². The van der Waals surface area contributed by atoms with E-state index in [-0.39, 0.29) is 6.03 Å². The Hall–Kier alpha value is -3.77. The highest BCUT2D eigenvalue weighted by Gasteiger charge is 2.06. The highest BCUT2D eigenvalue weighted by Crippen LogP contribution is 2.21. The summed E-state index contributed by atoms with van der Waals surface area (Å²) in [5, 5.41) is 10.3. The van der Waals surface area contributed by atoms with Crippen LogP contribution in [0.4, 0.5) is 21.9 Å². The molecular formula is C27H31N5O. The zero-order valence-corrected chi connectivity index (χ0v) is 19.2. The van der Waals surface area contributed by atoms with E-state index in [4.69, 9.17) is 0 Å². The van der Waals surface area contributed by atoms with Crippen molar-refractivity contribution in [3.63, 3.8) is 0 Å². The molecule has 0 aliphatic carbocycles. The summed E-state index contributed by atoms with van der Waals surface area (Å²) in [5.74, 6) is 0. The van der Waals surface area contributed by atoms with E-state index < -0.39 is 0 Å². The number of fused-ring (bicyclic) bond motifs is 1. The lowest BCUT2D eigenvalue weighted by Crippen LogP contribution is -2.19. The summed E-state index contributed by atoms with van der Waals surface area (Å²) in [7, 11) is 4.14. The van der Waals surface area contributed by atoms with E-state index in [1.165, 1.54) is 5.56 Å². The highest BCUT2D eigenvalue weighted by molar-refractivity contribution is 6.01. The quantitative estimate of drug-likeness (QED) is 0.321. The fourth-order valence-corrected chi connectivity index (χ4v) is 3.74. The van der Waals surface area contributed by atoms with Crippen LogP contribution in [0.3, 0.4) is 0 Å². The molecule has 0 saturated carbocycles. The summed E-state index contributed by atoms with van der Waals surface area (Å²) >= 11 is 0. The van der Waals surface area contributed by atoms with Crippen LogP contribution in [-0.4, -0.2) is 42.7 Å². The normalized spacial score (nSPS) is 11.0. The van der Waals surface area contributed by atoms with Gasteiger partial charge in [0, 0.05) is 53.8 Å². The molecule has 0 unspecified atom stereocenters. The lowest BCUT2D eigenvalue weighted by Gasteiger charge is -2.12. The van der Waals surface area contributed by atoms with Crippen LogP contribution >= 0.6 is 0 Å². The van der Waals surface area contributed by atoms with Gasteiger partial charge in [0.05, 0.1) is 0 Å². The third kappa shape index (κ3) is 6.37. The molecule has 0 aliphatic rings. The summed E-state index contributed by atoms with van der Waals surface area (Å²) in [6.45, 7) is 2.77. The molecule has 33 heavy (non-hydrogen) atoms. The molecule has 0 atom stereocenters. The third-order valence-electron chi connectivity index (χ3n) is 5.55. The number of benzene rings is 3. The topological polar surface area (TPSA) is 61.3 Å². The number of urea groups is 1. The maximum absolute atomic E-state index is 12.5. The second-order valence-electron chi connectivity index (χ2n) is 8.40. The van der Waals surface area contributed by atoms with Crippen molar-refractivity contribution < 1.29 is 4.79 Å². The molecule has 0 aliphatic heterocycles. The first-order valence-electron chi connectivity index (χ1n) is 11.3. The summed E-state index contributed by atoms with van der Waals surface area (Å²) < 4.78 is 2.23. The smallest absolute Gasteiger partial charge is 0.323 e. The number of nitrogens with one attached hydrogen (secondary N) is 3. The van der Waals surface area contributed by atoms with Crippen molar-refractivity contribution in [2.45, 2.75) is 13.0 Å². The van der Waals surface area contributed by atoms with Gasteiger partial charge in [-0.1, -0.05) is 30.3 Å². The van der Waals surface area contributed by atoms with Crippen molar-refractivity contribution >= 4 is 34.0 Å². The Labute approximate surface area is 195 Å².